The van der Waals surface area contributed by atoms with Crippen molar-refractivity contribution in [3.05, 3.63) is 34.7 Å². The Bertz CT molecular complexity index is 637. The molecule has 1 aromatic rings. The van der Waals surface area contributed by atoms with E-state index in [4.69, 9.17) is 0 Å². The van der Waals surface area contributed by atoms with Crippen molar-refractivity contribution in [3.63, 3.8) is 0 Å². The number of carbonyl (C=O) groups is 1. The molecule has 1 amide bonds. The van der Waals surface area contributed by atoms with Gasteiger partial charge in [0.05, 0.1) is 5.69 Å². The summed E-state index contributed by atoms with van der Waals surface area (Å²) in [5.41, 5.74) is 1.65. The van der Waals surface area contributed by atoms with Gasteiger partial charge in [-0.2, -0.15) is 0 Å². The van der Waals surface area contributed by atoms with Gasteiger partial charge in [-0.1, -0.05) is 31.4 Å². The van der Waals surface area contributed by atoms with E-state index in [0.717, 1.165) is 24.1 Å². The minimum Gasteiger partial charge on any atom is -0.356 e. The van der Waals surface area contributed by atoms with E-state index in [1.165, 1.54) is 24.2 Å². The van der Waals surface area contributed by atoms with Gasteiger partial charge in [0, 0.05) is 25.7 Å². The molecule has 0 N–H and O–H groups in total. The monoisotopic (exact) mass is 314 g/mol. The standard InChI is InChI=1S/C17H22N4O2/c1-20(12-8-4-3-5-9-12)16-13-10-6-7-11-14(13)21(2)17(22)15(18-16)19-23/h6-7,10-12,15H,3-5,8-9H2,1-2H3. The Morgan fingerprint density at radius 1 is 1.22 bits per heavy atom. The zero-order valence-corrected chi connectivity index (χ0v) is 13.6. The minimum atomic E-state index is -1.21. The number of nitrogens with zero attached hydrogens (tertiary/aromatic N) is 4. The largest absolute Gasteiger partial charge is 0.356 e. The van der Waals surface area contributed by atoms with Crippen molar-refractivity contribution in [2.75, 3.05) is 19.0 Å². The van der Waals surface area contributed by atoms with Gasteiger partial charge in [0.1, 0.15) is 5.84 Å². The number of likely N-dealkylation sites (N-methyl/N-ethyl adjacent to an activating group) is 1. The number of amidine groups is 1. The molecule has 1 saturated carbocycles. The van der Waals surface area contributed by atoms with Crippen LogP contribution in [0.2, 0.25) is 0 Å². The van der Waals surface area contributed by atoms with Crippen molar-refractivity contribution in [1.29, 1.82) is 0 Å². The molecule has 0 radical (unpaired) electrons. The van der Waals surface area contributed by atoms with E-state index in [-0.39, 0.29) is 5.91 Å². The van der Waals surface area contributed by atoms with Crippen LogP contribution in [0, 0.1) is 4.91 Å². The molecule has 1 heterocycles. The van der Waals surface area contributed by atoms with Crippen molar-refractivity contribution in [3.8, 4) is 0 Å². The summed E-state index contributed by atoms with van der Waals surface area (Å²) in [7, 11) is 3.67. The SMILES string of the molecule is CN1C(=O)C(N=O)N=C(N(C)C2CCCCC2)c2ccccc21. The van der Waals surface area contributed by atoms with Gasteiger partial charge in [0.15, 0.2) is 0 Å². The summed E-state index contributed by atoms with van der Waals surface area (Å²) in [5, 5.41) is 2.94. The van der Waals surface area contributed by atoms with Crippen molar-refractivity contribution >= 4 is 17.4 Å². The van der Waals surface area contributed by atoms with E-state index in [9.17, 15) is 9.70 Å². The molecule has 1 unspecified atom stereocenters. The number of hydrogen-bond acceptors (Lipinski definition) is 5. The maximum absolute atomic E-state index is 12.4. The van der Waals surface area contributed by atoms with Gasteiger partial charge in [-0.05, 0) is 30.2 Å². The molecule has 1 aromatic carbocycles. The molecule has 3 rings (SSSR count). The van der Waals surface area contributed by atoms with Crippen LogP contribution < -0.4 is 4.90 Å². The van der Waals surface area contributed by atoms with Gasteiger partial charge in [-0.3, -0.25) is 4.79 Å². The Hall–Kier alpha value is -2.24. The quantitative estimate of drug-likeness (QED) is 0.788. The summed E-state index contributed by atoms with van der Waals surface area (Å²) in [6.07, 6.45) is 4.69. The van der Waals surface area contributed by atoms with E-state index in [0.29, 0.717) is 11.9 Å². The zero-order chi connectivity index (χ0) is 16.4. The van der Waals surface area contributed by atoms with E-state index < -0.39 is 6.17 Å². The van der Waals surface area contributed by atoms with Gasteiger partial charge in [0.2, 0.25) is 0 Å². The fraction of sp³-hybridized carbons (Fsp3) is 0.529. The van der Waals surface area contributed by atoms with Crippen LogP contribution in [0.5, 0.6) is 0 Å². The first-order chi connectivity index (χ1) is 11.1. The van der Waals surface area contributed by atoms with Crippen molar-refractivity contribution in [2.24, 2.45) is 10.2 Å². The molecule has 6 nitrogen and oxygen atoms in total. The molecule has 1 aliphatic heterocycles. The average Bonchev–Trinajstić information content (AvgIpc) is 2.71. The molecule has 122 valence electrons. The highest BCUT2D eigenvalue weighted by Crippen LogP contribution is 2.29. The number of aliphatic imine (C=N–C) groups is 1. The second-order valence-corrected chi connectivity index (χ2v) is 6.25. The molecule has 2 aliphatic rings. The normalized spacial score (nSPS) is 22.2. The lowest BCUT2D eigenvalue weighted by atomic mass is 9.94. The Balaban J connectivity index is 2.05. The number of para-hydroxylation sites is 1. The van der Waals surface area contributed by atoms with Crippen molar-refractivity contribution < 1.29 is 4.79 Å². The number of fused-ring (bicyclic) bond motifs is 1. The van der Waals surface area contributed by atoms with Crippen LogP contribution in [0.25, 0.3) is 0 Å². The van der Waals surface area contributed by atoms with Gasteiger partial charge in [-0.15, -0.1) is 4.91 Å². The van der Waals surface area contributed by atoms with E-state index in [2.05, 4.69) is 15.1 Å². The van der Waals surface area contributed by atoms with E-state index in [1.807, 2.05) is 31.3 Å². The fourth-order valence-corrected chi connectivity index (χ4v) is 3.48. The molecule has 0 bridgehead atoms. The number of carbonyl (C=O) groups excluding carboxylic acids is 1. The fourth-order valence-electron chi connectivity index (χ4n) is 3.48. The summed E-state index contributed by atoms with van der Waals surface area (Å²) in [6, 6.07) is 8.03. The minimum absolute atomic E-state index is 0.389. The molecule has 1 aliphatic carbocycles. The predicted octanol–water partition coefficient (Wildman–Crippen LogP) is 2.77. The summed E-state index contributed by atoms with van der Waals surface area (Å²) >= 11 is 0. The number of anilines is 1. The van der Waals surface area contributed by atoms with Crippen molar-refractivity contribution in [2.45, 2.75) is 44.3 Å². The van der Waals surface area contributed by atoms with Crippen LogP contribution >= 0.6 is 0 Å². The van der Waals surface area contributed by atoms with Gasteiger partial charge in [0.25, 0.3) is 12.1 Å². The van der Waals surface area contributed by atoms with Crippen LogP contribution in [0.15, 0.2) is 34.4 Å². The van der Waals surface area contributed by atoms with Gasteiger partial charge >= 0.3 is 0 Å². The maximum Gasteiger partial charge on any atom is 0.277 e. The van der Waals surface area contributed by atoms with Crippen LogP contribution in [-0.4, -0.2) is 42.9 Å². The molecule has 1 atom stereocenters. The number of benzodiazepines with no additional fused rings is 1. The van der Waals surface area contributed by atoms with Crippen LogP contribution in [0.4, 0.5) is 5.69 Å². The summed E-state index contributed by atoms with van der Waals surface area (Å²) in [4.78, 5) is 31.6. The maximum atomic E-state index is 12.4. The zero-order valence-electron chi connectivity index (χ0n) is 13.6. The predicted molar refractivity (Wildman–Crippen MR) is 90.6 cm³/mol. The first-order valence-electron chi connectivity index (χ1n) is 8.13. The number of nitroso groups, excluding NO2 is 1. The topological polar surface area (TPSA) is 65.3 Å². The molecule has 0 spiro atoms. The average molecular weight is 314 g/mol. The first kappa shape index (κ1) is 15.6. The van der Waals surface area contributed by atoms with Crippen LogP contribution in [0.3, 0.4) is 0 Å². The van der Waals surface area contributed by atoms with Gasteiger partial charge in [-0.25, -0.2) is 4.99 Å². The van der Waals surface area contributed by atoms with Gasteiger partial charge < -0.3 is 9.80 Å². The highest BCUT2D eigenvalue weighted by molar-refractivity contribution is 6.11. The molecular formula is C17H22N4O2. The lowest BCUT2D eigenvalue weighted by Crippen LogP contribution is -2.39. The number of hydrogen-bond donors (Lipinski definition) is 0. The number of rotatable bonds is 2. The molecular weight excluding hydrogens is 292 g/mol. The Kier molecular flexibility index (Phi) is 4.41. The number of amides is 1. The van der Waals surface area contributed by atoms with Crippen molar-refractivity contribution in [1.82, 2.24) is 4.90 Å². The Labute approximate surface area is 136 Å². The second-order valence-electron chi connectivity index (χ2n) is 6.25. The van der Waals surface area contributed by atoms with Crippen LogP contribution in [0.1, 0.15) is 37.7 Å². The summed E-state index contributed by atoms with van der Waals surface area (Å²) in [6.45, 7) is 0. The molecule has 23 heavy (non-hydrogen) atoms. The third-order valence-electron chi connectivity index (χ3n) is 4.86. The smallest absolute Gasteiger partial charge is 0.277 e. The highest BCUT2D eigenvalue weighted by atomic mass is 16.3. The van der Waals surface area contributed by atoms with E-state index in [1.54, 1.807) is 7.05 Å². The third-order valence-corrected chi connectivity index (χ3v) is 4.86. The highest BCUT2D eigenvalue weighted by Gasteiger charge is 2.33. The Morgan fingerprint density at radius 2 is 1.91 bits per heavy atom. The first-order valence-corrected chi connectivity index (χ1v) is 8.13. The van der Waals surface area contributed by atoms with Crippen LogP contribution in [-0.2, 0) is 4.79 Å². The second kappa shape index (κ2) is 6.48. The lowest BCUT2D eigenvalue weighted by molar-refractivity contribution is -0.119. The summed E-state index contributed by atoms with van der Waals surface area (Å²) < 4.78 is 0. The number of benzene rings is 1. The van der Waals surface area contributed by atoms with E-state index >= 15 is 0 Å². The molecule has 0 aromatic heterocycles. The molecule has 0 saturated heterocycles. The third kappa shape index (κ3) is 2.85. The molecule has 6 heteroatoms. The summed E-state index contributed by atoms with van der Waals surface area (Å²) in [5.74, 6) is 0.300. The molecule has 1 fully saturated rings. The lowest BCUT2D eigenvalue weighted by Gasteiger charge is -2.34. The Morgan fingerprint density at radius 3 is 2.61 bits per heavy atom.